The van der Waals surface area contributed by atoms with Crippen LogP contribution in [-0.2, 0) is 9.68 Å². The lowest BCUT2D eigenvalue weighted by Crippen LogP contribution is -2.33. The molecule has 5 heteroatoms. The zero-order chi connectivity index (χ0) is 23.0. The molecule has 0 aromatic heterocycles. The fourth-order valence-corrected chi connectivity index (χ4v) is 3.49. The minimum Gasteiger partial charge on any atom is -0.396 e. The van der Waals surface area contributed by atoms with E-state index in [1.54, 1.807) is 5.23 Å². The monoisotopic (exact) mass is 443 g/mol. The van der Waals surface area contributed by atoms with Crippen LogP contribution in [0.2, 0.25) is 0 Å². The molecule has 0 aliphatic carbocycles. The molecule has 0 aromatic carbocycles. The third kappa shape index (κ3) is 22.5. The van der Waals surface area contributed by atoms with Crippen LogP contribution in [0.3, 0.4) is 0 Å². The molecule has 0 aliphatic rings. The summed E-state index contributed by atoms with van der Waals surface area (Å²) in [6.45, 7) is 7.07. The fraction of sp³-hybridized carbons (Fsp3) is 0.923. The first-order chi connectivity index (χ1) is 15.1. The number of nitrogens with zero attached hydrogens (tertiary/aromatic N) is 1. The predicted molar refractivity (Wildman–Crippen MR) is 131 cm³/mol. The van der Waals surface area contributed by atoms with Crippen molar-refractivity contribution >= 4 is 0 Å². The van der Waals surface area contributed by atoms with Gasteiger partial charge in [0.15, 0.2) is 0 Å². The minimum absolute atomic E-state index is 0.0829. The van der Waals surface area contributed by atoms with Crippen LogP contribution in [0.5, 0.6) is 0 Å². The molecule has 186 valence electrons. The lowest BCUT2D eigenvalue weighted by atomic mass is 10.1. The molecule has 0 bridgehead atoms. The second-order valence-electron chi connectivity index (χ2n) is 8.85. The molecule has 2 N–H and O–H groups in total. The lowest BCUT2D eigenvalue weighted by molar-refractivity contribution is -0.399. The molecule has 2 unspecified atom stereocenters. The molecule has 0 aromatic rings. The quantitative estimate of drug-likeness (QED) is 0.0983. The van der Waals surface area contributed by atoms with Gasteiger partial charge in [-0.15, -0.1) is 0 Å². The summed E-state index contributed by atoms with van der Waals surface area (Å²) in [5.74, 6) is 0. The van der Waals surface area contributed by atoms with Crippen LogP contribution in [0.1, 0.15) is 124 Å². The Labute approximate surface area is 193 Å². The van der Waals surface area contributed by atoms with Crippen molar-refractivity contribution in [3.63, 3.8) is 0 Å². The van der Waals surface area contributed by atoms with Crippen molar-refractivity contribution in [2.75, 3.05) is 19.8 Å². The second kappa shape index (κ2) is 24.2. The number of rotatable bonds is 24. The van der Waals surface area contributed by atoms with Gasteiger partial charge in [0.05, 0.1) is 18.8 Å². The number of aliphatic hydroxyl groups is 2. The number of hydrogen-bond acceptors (Lipinski definition) is 5. The number of unbranched alkanes of at least 4 members (excludes halogenated alkanes) is 12. The molecule has 5 nitrogen and oxygen atoms in total. The van der Waals surface area contributed by atoms with Crippen LogP contribution in [-0.4, -0.2) is 47.4 Å². The highest BCUT2D eigenvalue weighted by Gasteiger charge is 2.14. The van der Waals surface area contributed by atoms with Crippen LogP contribution in [0, 0.1) is 0 Å². The Bertz CT molecular complexity index is 364. The maximum Gasteiger partial charge on any atom is 0.0813 e. The Kier molecular flexibility index (Phi) is 23.8. The molecule has 0 saturated carbocycles. The van der Waals surface area contributed by atoms with Crippen molar-refractivity contribution in [2.24, 2.45) is 0 Å². The van der Waals surface area contributed by atoms with E-state index in [-0.39, 0.29) is 25.4 Å². The van der Waals surface area contributed by atoms with Crippen molar-refractivity contribution in [1.29, 1.82) is 0 Å². The van der Waals surface area contributed by atoms with Gasteiger partial charge in [-0.2, -0.15) is 0 Å². The number of allylic oxidation sites excluding steroid dienone is 2. The highest BCUT2D eigenvalue weighted by atomic mass is 17.0. The summed E-state index contributed by atoms with van der Waals surface area (Å²) in [5, 5.41) is 19.7. The molecule has 0 radical (unpaired) electrons. The Morgan fingerprint density at radius 1 is 0.645 bits per heavy atom. The number of hydroxylamine groups is 2. The van der Waals surface area contributed by atoms with Gasteiger partial charge < -0.3 is 10.2 Å². The molecule has 0 saturated heterocycles. The first-order valence-electron chi connectivity index (χ1n) is 13.1. The second-order valence-corrected chi connectivity index (χ2v) is 8.85. The zero-order valence-corrected chi connectivity index (χ0v) is 20.9. The Hall–Kier alpha value is -0.460. The van der Waals surface area contributed by atoms with E-state index in [0.29, 0.717) is 19.4 Å². The molecule has 0 aliphatic heterocycles. The SMILES string of the molecule is CCCCCCCCC=CCCCCCCCCN(OC(C)CCO)OC(C)CCO. The molecule has 2 atom stereocenters. The molecule has 31 heavy (non-hydrogen) atoms. The van der Waals surface area contributed by atoms with Gasteiger partial charge in [-0.25, -0.2) is 0 Å². The van der Waals surface area contributed by atoms with Crippen LogP contribution < -0.4 is 0 Å². The molecular formula is C26H53NO4. The molecule has 0 heterocycles. The first-order valence-corrected chi connectivity index (χ1v) is 13.1. The number of hydrogen-bond donors (Lipinski definition) is 2. The predicted octanol–water partition coefficient (Wildman–Crippen LogP) is 6.73. The zero-order valence-electron chi connectivity index (χ0n) is 20.9. The average molecular weight is 444 g/mol. The molecule has 0 spiro atoms. The van der Waals surface area contributed by atoms with Gasteiger partial charge in [0.25, 0.3) is 0 Å². The van der Waals surface area contributed by atoms with Gasteiger partial charge in [0.2, 0.25) is 0 Å². The van der Waals surface area contributed by atoms with Crippen LogP contribution >= 0.6 is 0 Å². The highest BCUT2D eigenvalue weighted by Crippen LogP contribution is 2.12. The number of aliphatic hydroxyl groups excluding tert-OH is 2. The molecular weight excluding hydrogens is 390 g/mol. The third-order valence-electron chi connectivity index (χ3n) is 5.52. The topological polar surface area (TPSA) is 62.2 Å². The van der Waals surface area contributed by atoms with E-state index in [9.17, 15) is 0 Å². The summed E-state index contributed by atoms with van der Waals surface area (Å²) >= 11 is 0. The standard InChI is InChI=1S/C26H53NO4/c1-4-5-6-7-8-9-10-11-12-13-14-15-16-17-18-19-22-27(30-25(2)20-23-28)31-26(3)21-24-29/h11-12,25-26,28-29H,4-10,13-24H2,1-3H3. The largest absolute Gasteiger partial charge is 0.396 e. The van der Waals surface area contributed by atoms with Crippen molar-refractivity contribution < 1.29 is 19.9 Å². The van der Waals surface area contributed by atoms with Gasteiger partial charge in [0, 0.05) is 13.2 Å². The van der Waals surface area contributed by atoms with Crippen LogP contribution in [0.15, 0.2) is 12.2 Å². The van der Waals surface area contributed by atoms with Gasteiger partial charge in [0.1, 0.15) is 0 Å². The average Bonchev–Trinajstić information content (AvgIpc) is 2.73. The van der Waals surface area contributed by atoms with Crippen molar-refractivity contribution in [2.45, 2.75) is 136 Å². The summed E-state index contributed by atoms with van der Waals surface area (Å²) in [5.41, 5.74) is 0. The maximum atomic E-state index is 9.06. The van der Waals surface area contributed by atoms with Gasteiger partial charge >= 0.3 is 0 Å². The summed E-state index contributed by atoms with van der Waals surface area (Å²) in [6, 6.07) is 0. The maximum absolute atomic E-state index is 9.06. The Balaban J connectivity index is 3.67. The summed E-state index contributed by atoms with van der Waals surface area (Å²) in [7, 11) is 0. The van der Waals surface area contributed by atoms with E-state index in [2.05, 4.69) is 19.1 Å². The highest BCUT2D eigenvalue weighted by molar-refractivity contribution is 4.81. The van der Waals surface area contributed by atoms with Crippen molar-refractivity contribution in [3.05, 3.63) is 12.2 Å². The van der Waals surface area contributed by atoms with Gasteiger partial charge in [-0.3, -0.25) is 9.68 Å². The molecule has 0 rings (SSSR count). The van der Waals surface area contributed by atoms with Gasteiger partial charge in [-0.1, -0.05) is 82.1 Å². The van der Waals surface area contributed by atoms with Crippen molar-refractivity contribution in [3.8, 4) is 0 Å². The summed E-state index contributed by atoms with van der Waals surface area (Å²) in [6.07, 6.45) is 23.8. The van der Waals surface area contributed by atoms with Gasteiger partial charge in [-0.05, 0) is 58.8 Å². The normalized spacial score (nSPS) is 14.0. The smallest absolute Gasteiger partial charge is 0.0813 e. The van der Waals surface area contributed by atoms with Crippen LogP contribution in [0.25, 0.3) is 0 Å². The lowest BCUT2D eigenvalue weighted by Gasteiger charge is -2.27. The summed E-state index contributed by atoms with van der Waals surface area (Å²) in [4.78, 5) is 11.6. The fourth-order valence-electron chi connectivity index (χ4n) is 3.49. The Morgan fingerprint density at radius 3 is 1.52 bits per heavy atom. The van der Waals surface area contributed by atoms with E-state index < -0.39 is 0 Å². The first kappa shape index (κ1) is 30.5. The van der Waals surface area contributed by atoms with E-state index in [4.69, 9.17) is 19.9 Å². The van der Waals surface area contributed by atoms with E-state index in [1.807, 2.05) is 13.8 Å². The minimum atomic E-state index is -0.0829. The third-order valence-corrected chi connectivity index (χ3v) is 5.52. The van der Waals surface area contributed by atoms with Crippen LogP contribution in [0.4, 0.5) is 0 Å². The molecule has 0 fully saturated rings. The van der Waals surface area contributed by atoms with E-state index >= 15 is 0 Å². The van der Waals surface area contributed by atoms with Crippen molar-refractivity contribution in [1.82, 2.24) is 5.23 Å². The summed E-state index contributed by atoms with van der Waals surface area (Å²) < 4.78 is 0. The van der Waals surface area contributed by atoms with E-state index in [1.165, 1.54) is 83.5 Å². The molecule has 0 amide bonds. The Morgan fingerprint density at radius 2 is 1.06 bits per heavy atom. The van der Waals surface area contributed by atoms with E-state index in [0.717, 1.165) is 6.42 Å².